The van der Waals surface area contributed by atoms with Gasteiger partial charge in [0.25, 0.3) is 0 Å². The molecule has 0 amide bonds. The van der Waals surface area contributed by atoms with E-state index in [9.17, 15) is 0 Å². The monoisotopic (exact) mass is 488 g/mol. The summed E-state index contributed by atoms with van der Waals surface area (Å²) >= 11 is 0. The maximum absolute atomic E-state index is 5.45. The molecule has 0 fully saturated rings. The highest BCUT2D eigenvalue weighted by molar-refractivity contribution is 14.0. The number of guanidine groups is 1. The first-order valence-electron chi connectivity index (χ1n) is 9.17. The SMILES string of the molecule is CCNC(=NCC(c1ccc(OC)c(OC)c1)N(C)C)NC1CC=CC1.I. The molecule has 27 heavy (non-hydrogen) atoms. The molecule has 1 unspecified atom stereocenters. The van der Waals surface area contributed by atoms with Gasteiger partial charge in [0.1, 0.15) is 0 Å². The Balaban J connectivity index is 0.00000364. The summed E-state index contributed by atoms with van der Waals surface area (Å²) in [7, 11) is 7.45. The fourth-order valence-electron chi connectivity index (χ4n) is 3.05. The number of benzene rings is 1. The van der Waals surface area contributed by atoms with Crippen molar-refractivity contribution in [3.63, 3.8) is 0 Å². The van der Waals surface area contributed by atoms with Crippen molar-refractivity contribution in [3.05, 3.63) is 35.9 Å². The number of nitrogens with one attached hydrogen (secondary N) is 2. The summed E-state index contributed by atoms with van der Waals surface area (Å²) in [6.45, 7) is 3.58. The first kappa shape index (κ1) is 23.6. The molecule has 1 aliphatic carbocycles. The quantitative estimate of drug-likeness (QED) is 0.255. The van der Waals surface area contributed by atoms with Gasteiger partial charge < -0.3 is 25.0 Å². The van der Waals surface area contributed by atoms with E-state index in [1.165, 1.54) is 0 Å². The van der Waals surface area contributed by atoms with Crippen LogP contribution in [0.15, 0.2) is 35.3 Å². The second kappa shape index (κ2) is 12.1. The van der Waals surface area contributed by atoms with Crippen LogP contribution < -0.4 is 20.1 Å². The first-order chi connectivity index (χ1) is 12.6. The molecule has 1 aliphatic rings. The van der Waals surface area contributed by atoms with E-state index in [0.29, 0.717) is 12.6 Å². The van der Waals surface area contributed by atoms with Crippen molar-refractivity contribution in [2.24, 2.45) is 4.99 Å². The van der Waals surface area contributed by atoms with Crippen LogP contribution in [0.2, 0.25) is 0 Å². The van der Waals surface area contributed by atoms with E-state index in [1.807, 2.05) is 12.1 Å². The number of methoxy groups -OCH3 is 2. The molecule has 152 valence electrons. The summed E-state index contributed by atoms with van der Waals surface area (Å²) in [5.41, 5.74) is 1.15. The van der Waals surface area contributed by atoms with Crippen molar-refractivity contribution in [1.82, 2.24) is 15.5 Å². The number of hydrogen-bond donors (Lipinski definition) is 2. The van der Waals surface area contributed by atoms with Crippen molar-refractivity contribution in [1.29, 1.82) is 0 Å². The third-order valence-electron chi connectivity index (χ3n) is 4.53. The molecule has 1 atom stereocenters. The van der Waals surface area contributed by atoms with Gasteiger partial charge in [-0.1, -0.05) is 18.2 Å². The lowest BCUT2D eigenvalue weighted by Gasteiger charge is -2.25. The topological polar surface area (TPSA) is 58.1 Å². The van der Waals surface area contributed by atoms with Gasteiger partial charge in [0.05, 0.1) is 26.8 Å². The van der Waals surface area contributed by atoms with Gasteiger partial charge in [0, 0.05) is 12.6 Å². The van der Waals surface area contributed by atoms with Gasteiger partial charge in [-0.25, -0.2) is 0 Å². The zero-order valence-corrected chi connectivity index (χ0v) is 19.3. The normalized spacial score (nSPS) is 15.4. The summed E-state index contributed by atoms with van der Waals surface area (Å²) in [5.74, 6) is 2.34. The number of aliphatic imine (C=N–C) groups is 1. The van der Waals surface area contributed by atoms with Crippen LogP contribution in [0.5, 0.6) is 11.5 Å². The van der Waals surface area contributed by atoms with Crippen molar-refractivity contribution in [3.8, 4) is 11.5 Å². The lowest BCUT2D eigenvalue weighted by Crippen LogP contribution is -2.43. The number of likely N-dealkylation sites (N-methyl/N-ethyl adjacent to an activating group) is 1. The van der Waals surface area contributed by atoms with Gasteiger partial charge in [0.15, 0.2) is 17.5 Å². The van der Waals surface area contributed by atoms with E-state index < -0.39 is 0 Å². The first-order valence-corrected chi connectivity index (χ1v) is 9.17. The Morgan fingerprint density at radius 2 is 1.85 bits per heavy atom. The van der Waals surface area contributed by atoms with Gasteiger partial charge in [-0.15, -0.1) is 24.0 Å². The fourth-order valence-corrected chi connectivity index (χ4v) is 3.05. The predicted molar refractivity (Wildman–Crippen MR) is 123 cm³/mol. The van der Waals surface area contributed by atoms with Gasteiger partial charge in [-0.2, -0.15) is 0 Å². The lowest BCUT2D eigenvalue weighted by molar-refractivity contribution is 0.303. The summed E-state index contributed by atoms with van der Waals surface area (Å²) in [6, 6.07) is 6.63. The van der Waals surface area contributed by atoms with Crippen LogP contribution in [0, 0.1) is 0 Å². The maximum Gasteiger partial charge on any atom is 0.191 e. The lowest BCUT2D eigenvalue weighted by atomic mass is 10.1. The number of ether oxygens (including phenoxy) is 2. The zero-order valence-electron chi connectivity index (χ0n) is 17.0. The Labute approximate surface area is 180 Å². The Morgan fingerprint density at radius 3 is 2.41 bits per heavy atom. The minimum absolute atomic E-state index is 0. The van der Waals surface area contributed by atoms with Gasteiger partial charge in [-0.05, 0) is 51.6 Å². The Kier molecular flexibility index (Phi) is 10.5. The molecule has 1 aromatic carbocycles. The van der Waals surface area contributed by atoms with E-state index in [-0.39, 0.29) is 30.0 Å². The van der Waals surface area contributed by atoms with Gasteiger partial charge in [-0.3, -0.25) is 4.99 Å². The van der Waals surface area contributed by atoms with Crippen molar-refractivity contribution < 1.29 is 9.47 Å². The third kappa shape index (κ3) is 6.88. The molecule has 0 spiro atoms. The molecule has 0 aromatic heterocycles. The van der Waals surface area contributed by atoms with E-state index >= 15 is 0 Å². The standard InChI is InChI=1S/C20H32N4O2.HI/c1-6-21-20(23-16-9-7-8-10-16)22-14-17(24(2)3)15-11-12-18(25-4)19(13-15)26-5;/h7-8,11-13,16-17H,6,9-10,14H2,1-5H3,(H2,21,22,23);1H. The fraction of sp³-hybridized carbons (Fsp3) is 0.550. The van der Waals surface area contributed by atoms with Crippen LogP contribution in [0.4, 0.5) is 0 Å². The average Bonchev–Trinajstić information content (AvgIpc) is 3.14. The number of rotatable bonds is 8. The van der Waals surface area contributed by atoms with Crippen molar-refractivity contribution >= 4 is 29.9 Å². The highest BCUT2D eigenvalue weighted by Crippen LogP contribution is 2.31. The minimum atomic E-state index is 0. The number of hydrogen-bond acceptors (Lipinski definition) is 4. The molecule has 0 bridgehead atoms. The van der Waals surface area contributed by atoms with Crippen LogP contribution in [-0.4, -0.2) is 58.3 Å². The van der Waals surface area contributed by atoms with E-state index in [0.717, 1.165) is 42.4 Å². The molecule has 0 aliphatic heterocycles. The minimum Gasteiger partial charge on any atom is -0.493 e. The Hall–Kier alpha value is -1.48. The predicted octanol–water partition coefficient (Wildman–Crippen LogP) is 3.20. The van der Waals surface area contributed by atoms with Crippen LogP contribution in [0.25, 0.3) is 0 Å². The van der Waals surface area contributed by atoms with Gasteiger partial charge >= 0.3 is 0 Å². The van der Waals surface area contributed by atoms with Crippen LogP contribution in [0.1, 0.15) is 31.4 Å². The van der Waals surface area contributed by atoms with Crippen LogP contribution in [0.3, 0.4) is 0 Å². The molecule has 7 heteroatoms. The summed E-state index contributed by atoms with van der Waals surface area (Å²) in [5, 5.41) is 6.86. The number of halogens is 1. The maximum atomic E-state index is 5.45. The summed E-state index contributed by atoms with van der Waals surface area (Å²) in [4.78, 5) is 7.00. The van der Waals surface area contributed by atoms with Crippen LogP contribution in [-0.2, 0) is 0 Å². The van der Waals surface area contributed by atoms with Crippen LogP contribution >= 0.6 is 24.0 Å². The van der Waals surface area contributed by atoms with Crippen molar-refractivity contribution in [2.45, 2.75) is 31.8 Å². The molecular formula is C20H33IN4O2. The molecule has 6 nitrogen and oxygen atoms in total. The molecule has 0 saturated heterocycles. The van der Waals surface area contributed by atoms with E-state index in [1.54, 1.807) is 14.2 Å². The third-order valence-corrected chi connectivity index (χ3v) is 4.53. The average molecular weight is 488 g/mol. The molecule has 2 rings (SSSR count). The second-order valence-corrected chi connectivity index (χ2v) is 6.60. The van der Waals surface area contributed by atoms with Crippen molar-refractivity contribution in [2.75, 3.05) is 41.4 Å². The largest absolute Gasteiger partial charge is 0.493 e. The summed E-state index contributed by atoms with van der Waals surface area (Å²) in [6.07, 6.45) is 6.54. The van der Waals surface area contributed by atoms with E-state index in [4.69, 9.17) is 14.5 Å². The molecular weight excluding hydrogens is 455 g/mol. The second-order valence-electron chi connectivity index (χ2n) is 6.60. The highest BCUT2D eigenvalue weighted by Gasteiger charge is 2.17. The molecule has 2 N–H and O–H groups in total. The molecule has 1 aromatic rings. The molecule has 0 heterocycles. The van der Waals surface area contributed by atoms with Gasteiger partial charge in [0.2, 0.25) is 0 Å². The van der Waals surface area contributed by atoms with E-state index in [2.05, 4.69) is 54.8 Å². The Bertz CT molecular complexity index is 626. The smallest absolute Gasteiger partial charge is 0.191 e. The number of nitrogens with zero attached hydrogens (tertiary/aromatic N) is 2. The molecule has 0 saturated carbocycles. The summed E-state index contributed by atoms with van der Waals surface area (Å²) < 4.78 is 10.8. The zero-order chi connectivity index (χ0) is 18.9. The Morgan fingerprint density at radius 1 is 1.19 bits per heavy atom. The highest BCUT2D eigenvalue weighted by atomic mass is 127. The molecule has 0 radical (unpaired) electrons.